The molecule has 1 N–H and O–H groups in total. The van der Waals surface area contributed by atoms with Gasteiger partial charge in [0.2, 0.25) is 11.8 Å². The molecule has 0 spiro atoms. The van der Waals surface area contributed by atoms with Crippen LogP contribution in [0.2, 0.25) is 0 Å². The van der Waals surface area contributed by atoms with Gasteiger partial charge in [-0.3, -0.25) is 4.79 Å². The summed E-state index contributed by atoms with van der Waals surface area (Å²) in [6, 6.07) is 32.6. The standard InChI is InChI=1S/C28H22N2O3/c1-32-24-15-9-8-14-22(24)28-30-23-17-16-21(18-25(23)33-28)29-27(31)26(19-10-4-2-5-11-19)20-12-6-3-7-13-20/h2-18,26H,1H3,(H,29,31). The first-order chi connectivity index (χ1) is 16.2. The lowest BCUT2D eigenvalue weighted by atomic mass is 9.90. The number of aromatic nitrogens is 1. The summed E-state index contributed by atoms with van der Waals surface area (Å²) in [7, 11) is 1.62. The summed E-state index contributed by atoms with van der Waals surface area (Å²) >= 11 is 0. The second-order valence-corrected chi connectivity index (χ2v) is 7.65. The average molecular weight is 434 g/mol. The van der Waals surface area contributed by atoms with Gasteiger partial charge in [-0.15, -0.1) is 0 Å². The zero-order chi connectivity index (χ0) is 22.6. The van der Waals surface area contributed by atoms with Crippen molar-refractivity contribution in [3.8, 4) is 17.2 Å². The molecule has 1 amide bonds. The number of rotatable bonds is 6. The van der Waals surface area contributed by atoms with Gasteiger partial charge in [0, 0.05) is 11.8 Å². The molecule has 5 nitrogen and oxygen atoms in total. The van der Waals surface area contributed by atoms with E-state index in [2.05, 4.69) is 10.3 Å². The van der Waals surface area contributed by atoms with Gasteiger partial charge in [-0.1, -0.05) is 72.8 Å². The van der Waals surface area contributed by atoms with Crippen molar-refractivity contribution in [1.82, 2.24) is 4.98 Å². The van der Waals surface area contributed by atoms with Crippen molar-refractivity contribution >= 4 is 22.7 Å². The van der Waals surface area contributed by atoms with Crippen molar-refractivity contribution in [1.29, 1.82) is 0 Å². The van der Waals surface area contributed by atoms with Gasteiger partial charge < -0.3 is 14.5 Å². The van der Waals surface area contributed by atoms with Crippen LogP contribution in [0.3, 0.4) is 0 Å². The molecule has 0 aliphatic carbocycles. The number of nitrogens with zero attached hydrogens (tertiary/aromatic N) is 1. The maximum absolute atomic E-state index is 13.4. The van der Waals surface area contributed by atoms with Crippen molar-refractivity contribution < 1.29 is 13.9 Å². The van der Waals surface area contributed by atoms with Crippen molar-refractivity contribution in [3.05, 3.63) is 114 Å². The van der Waals surface area contributed by atoms with Crippen LogP contribution in [0, 0.1) is 0 Å². The maximum Gasteiger partial charge on any atom is 0.236 e. The number of anilines is 1. The molecule has 0 bridgehead atoms. The first kappa shape index (κ1) is 20.5. The van der Waals surface area contributed by atoms with Gasteiger partial charge in [0.25, 0.3) is 0 Å². The van der Waals surface area contributed by atoms with E-state index >= 15 is 0 Å². The fraction of sp³-hybridized carbons (Fsp3) is 0.0714. The van der Waals surface area contributed by atoms with E-state index in [9.17, 15) is 4.79 Å². The van der Waals surface area contributed by atoms with Crippen LogP contribution in [0.1, 0.15) is 17.0 Å². The molecule has 0 unspecified atom stereocenters. The molecular weight excluding hydrogens is 412 g/mol. The van der Waals surface area contributed by atoms with Crippen LogP contribution in [-0.2, 0) is 4.79 Å². The Labute approximate surface area is 191 Å². The number of para-hydroxylation sites is 1. The van der Waals surface area contributed by atoms with E-state index in [0.29, 0.717) is 28.4 Å². The Morgan fingerprint density at radius 2 is 1.48 bits per heavy atom. The second kappa shape index (κ2) is 9.01. The Hall–Kier alpha value is -4.38. The summed E-state index contributed by atoms with van der Waals surface area (Å²) in [5.74, 6) is 0.613. The van der Waals surface area contributed by atoms with E-state index in [0.717, 1.165) is 16.7 Å². The van der Waals surface area contributed by atoms with Gasteiger partial charge in [0.1, 0.15) is 11.3 Å². The lowest BCUT2D eigenvalue weighted by molar-refractivity contribution is -0.116. The van der Waals surface area contributed by atoms with Gasteiger partial charge in [-0.2, -0.15) is 0 Å². The monoisotopic (exact) mass is 434 g/mol. The topological polar surface area (TPSA) is 64.4 Å². The highest BCUT2D eigenvalue weighted by molar-refractivity contribution is 5.99. The predicted molar refractivity (Wildman–Crippen MR) is 129 cm³/mol. The Morgan fingerprint density at radius 3 is 2.15 bits per heavy atom. The number of fused-ring (bicyclic) bond motifs is 1. The van der Waals surface area contributed by atoms with Gasteiger partial charge >= 0.3 is 0 Å². The van der Waals surface area contributed by atoms with Crippen molar-refractivity contribution in [2.24, 2.45) is 0 Å². The van der Waals surface area contributed by atoms with Crippen LogP contribution in [0.5, 0.6) is 5.75 Å². The summed E-state index contributed by atoms with van der Waals surface area (Å²) in [6.07, 6.45) is 0. The SMILES string of the molecule is COc1ccccc1-c1nc2ccc(NC(=O)C(c3ccccc3)c3ccccc3)cc2o1. The number of methoxy groups -OCH3 is 1. The number of oxazole rings is 1. The van der Waals surface area contributed by atoms with Crippen LogP contribution in [0.4, 0.5) is 5.69 Å². The molecule has 0 aliphatic rings. The smallest absolute Gasteiger partial charge is 0.236 e. The molecule has 1 aromatic heterocycles. The van der Waals surface area contributed by atoms with Crippen LogP contribution >= 0.6 is 0 Å². The molecule has 5 heteroatoms. The van der Waals surface area contributed by atoms with E-state index in [1.165, 1.54) is 0 Å². The Morgan fingerprint density at radius 1 is 0.848 bits per heavy atom. The third kappa shape index (κ3) is 4.21. The molecule has 1 heterocycles. The molecule has 0 saturated carbocycles. The highest BCUT2D eigenvalue weighted by atomic mass is 16.5. The molecule has 0 radical (unpaired) electrons. The predicted octanol–water partition coefficient (Wildman–Crippen LogP) is 6.27. The van der Waals surface area contributed by atoms with E-state index in [-0.39, 0.29) is 5.91 Å². The molecule has 4 aromatic carbocycles. The quantitative estimate of drug-likeness (QED) is 0.342. The molecule has 0 fully saturated rings. The lowest BCUT2D eigenvalue weighted by Crippen LogP contribution is -2.22. The van der Waals surface area contributed by atoms with Crippen molar-refractivity contribution in [2.75, 3.05) is 12.4 Å². The normalized spacial score (nSPS) is 11.0. The van der Waals surface area contributed by atoms with Crippen LogP contribution < -0.4 is 10.1 Å². The Balaban J connectivity index is 1.46. The zero-order valence-electron chi connectivity index (χ0n) is 18.1. The Bertz CT molecular complexity index is 1360. The number of carbonyl (C=O) groups excluding carboxylic acids is 1. The highest BCUT2D eigenvalue weighted by Gasteiger charge is 2.23. The summed E-state index contributed by atoms with van der Waals surface area (Å²) in [6.45, 7) is 0. The number of hydrogen-bond donors (Lipinski definition) is 1. The summed E-state index contributed by atoms with van der Waals surface area (Å²) in [4.78, 5) is 18.0. The molecule has 0 aliphatic heterocycles. The first-order valence-corrected chi connectivity index (χ1v) is 10.7. The van der Waals surface area contributed by atoms with E-state index < -0.39 is 5.92 Å². The van der Waals surface area contributed by atoms with E-state index in [1.807, 2.05) is 97.1 Å². The van der Waals surface area contributed by atoms with Crippen LogP contribution in [-0.4, -0.2) is 18.0 Å². The fourth-order valence-electron chi connectivity index (χ4n) is 3.94. The lowest BCUT2D eigenvalue weighted by Gasteiger charge is -2.18. The maximum atomic E-state index is 13.4. The average Bonchev–Trinajstić information content (AvgIpc) is 3.29. The summed E-state index contributed by atoms with van der Waals surface area (Å²) in [5, 5.41) is 3.05. The largest absolute Gasteiger partial charge is 0.496 e. The zero-order valence-corrected chi connectivity index (χ0v) is 18.1. The summed E-state index contributed by atoms with van der Waals surface area (Å²) in [5.41, 5.74) is 4.57. The van der Waals surface area contributed by atoms with E-state index in [1.54, 1.807) is 13.2 Å². The fourth-order valence-corrected chi connectivity index (χ4v) is 3.94. The molecular formula is C28H22N2O3. The molecule has 5 rings (SSSR count). The third-order valence-electron chi connectivity index (χ3n) is 5.52. The van der Waals surface area contributed by atoms with Gasteiger partial charge in [0.15, 0.2) is 5.58 Å². The Kier molecular flexibility index (Phi) is 5.60. The number of benzene rings is 4. The molecule has 5 aromatic rings. The van der Waals surface area contributed by atoms with Crippen LogP contribution in [0.25, 0.3) is 22.6 Å². The number of carbonyl (C=O) groups is 1. The third-order valence-corrected chi connectivity index (χ3v) is 5.52. The van der Waals surface area contributed by atoms with Gasteiger partial charge in [-0.05, 0) is 35.4 Å². The number of ether oxygens (including phenoxy) is 1. The molecule has 33 heavy (non-hydrogen) atoms. The minimum Gasteiger partial charge on any atom is -0.496 e. The van der Waals surface area contributed by atoms with Gasteiger partial charge in [0.05, 0.1) is 18.6 Å². The first-order valence-electron chi connectivity index (χ1n) is 10.7. The number of nitrogens with one attached hydrogen (secondary N) is 1. The minimum atomic E-state index is -0.429. The second-order valence-electron chi connectivity index (χ2n) is 7.65. The highest BCUT2D eigenvalue weighted by Crippen LogP contribution is 2.33. The molecule has 0 atom stereocenters. The summed E-state index contributed by atoms with van der Waals surface area (Å²) < 4.78 is 11.4. The van der Waals surface area contributed by atoms with Crippen molar-refractivity contribution in [2.45, 2.75) is 5.92 Å². The van der Waals surface area contributed by atoms with Crippen molar-refractivity contribution in [3.63, 3.8) is 0 Å². The van der Waals surface area contributed by atoms with Gasteiger partial charge in [-0.25, -0.2) is 4.98 Å². The molecule has 0 saturated heterocycles. The molecule has 162 valence electrons. The number of amides is 1. The van der Waals surface area contributed by atoms with E-state index in [4.69, 9.17) is 9.15 Å². The minimum absolute atomic E-state index is 0.115. The van der Waals surface area contributed by atoms with Crippen LogP contribution in [0.15, 0.2) is 108 Å². The number of hydrogen-bond acceptors (Lipinski definition) is 4.